The lowest BCUT2D eigenvalue weighted by atomic mass is 9.93. The molecule has 61 heavy (non-hydrogen) atoms. The normalized spacial score (nSPS) is 11.6. The summed E-state index contributed by atoms with van der Waals surface area (Å²) in [7, 11) is 0. The van der Waals surface area contributed by atoms with E-state index in [4.69, 9.17) is 0 Å². The second-order valence-electron chi connectivity index (χ2n) is 15.6. The van der Waals surface area contributed by atoms with E-state index in [1.165, 1.54) is 95.6 Å². The molecule has 0 bridgehead atoms. The first-order chi connectivity index (χ1) is 30.2. The van der Waals surface area contributed by atoms with Gasteiger partial charge in [-0.05, 0) is 116 Å². The molecular weight excluding hydrogens is 775 g/mol. The summed E-state index contributed by atoms with van der Waals surface area (Å²) in [5.74, 6) is 0. The molecule has 10 aromatic carbocycles. The predicted octanol–water partition coefficient (Wildman–Crippen LogP) is 17.7. The van der Waals surface area contributed by atoms with Crippen molar-refractivity contribution >= 4 is 90.9 Å². The van der Waals surface area contributed by atoms with Crippen LogP contribution in [0.5, 0.6) is 0 Å². The first-order valence-corrected chi connectivity index (χ1v) is 22.4. The second-order valence-corrected chi connectivity index (χ2v) is 17.8. The molecule has 0 atom stereocenters. The Labute approximate surface area is 362 Å². The van der Waals surface area contributed by atoms with Crippen LogP contribution in [0.3, 0.4) is 0 Å². The highest BCUT2D eigenvalue weighted by Crippen LogP contribution is 2.47. The van der Waals surface area contributed by atoms with Crippen molar-refractivity contribution in [2.45, 2.75) is 0 Å². The van der Waals surface area contributed by atoms with E-state index in [1.807, 2.05) is 22.7 Å². The van der Waals surface area contributed by atoms with E-state index < -0.39 is 0 Å². The minimum Gasteiger partial charge on any atom is -0.310 e. The largest absolute Gasteiger partial charge is 0.310 e. The Morgan fingerprint density at radius 3 is 1.57 bits per heavy atom. The molecule has 0 aliphatic carbocycles. The molecule has 0 spiro atoms. The summed E-state index contributed by atoms with van der Waals surface area (Å²) in [5.41, 5.74) is 12.9. The van der Waals surface area contributed by atoms with Crippen molar-refractivity contribution in [1.82, 2.24) is 0 Å². The van der Waals surface area contributed by atoms with Crippen LogP contribution in [0.2, 0.25) is 0 Å². The van der Waals surface area contributed by atoms with Gasteiger partial charge in [0.05, 0.1) is 5.69 Å². The molecule has 12 rings (SSSR count). The van der Waals surface area contributed by atoms with Gasteiger partial charge in [-0.3, -0.25) is 0 Å². The average molecular weight is 812 g/mol. The fraction of sp³-hybridized carbons (Fsp3) is 0. The van der Waals surface area contributed by atoms with Crippen LogP contribution in [0.15, 0.2) is 224 Å². The molecule has 0 fully saturated rings. The number of hydrogen-bond acceptors (Lipinski definition) is 3. The zero-order valence-corrected chi connectivity index (χ0v) is 34.8. The molecule has 0 aliphatic rings. The van der Waals surface area contributed by atoms with E-state index in [2.05, 4.69) is 229 Å². The van der Waals surface area contributed by atoms with Crippen LogP contribution in [0.25, 0.3) is 95.6 Å². The monoisotopic (exact) mass is 811 g/mol. The fourth-order valence-electron chi connectivity index (χ4n) is 9.19. The van der Waals surface area contributed by atoms with Crippen LogP contribution >= 0.6 is 22.7 Å². The molecule has 3 heteroatoms. The Bertz CT molecular complexity index is 3580. The Morgan fingerprint density at radius 1 is 0.279 bits per heavy atom. The Kier molecular flexibility index (Phi) is 8.62. The first-order valence-electron chi connectivity index (χ1n) is 20.7. The minimum atomic E-state index is 1.10. The second kappa shape index (κ2) is 14.8. The van der Waals surface area contributed by atoms with E-state index in [-0.39, 0.29) is 0 Å². The summed E-state index contributed by atoms with van der Waals surface area (Å²) in [4.78, 5) is 2.45. The lowest BCUT2D eigenvalue weighted by Crippen LogP contribution is -2.11. The van der Waals surface area contributed by atoms with Crippen molar-refractivity contribution in [2.24, 2.45) is 0 Å². The Morgan fingerprint density at radius 2 is 0.820 bits per heavy atom. The van der Waals surface area contributed by atoms with Crippen LogP contribution in [0.4, 0.5) is 17.1 Å². The zero-order chi connectivity index (χ0) is 40.3. The molecule has 0 aliphatic heterocycles. The summed E-state index contributed by atoms with van der Waals surface area (Å²) in [5, 5.41) is 7.79. The first kappa shape index (κ1) is 35.6. The van der Waals surface area contributed by atoms with Crippen LogP contribution in [-0.4, -0.2) is 0 Å². The summed E-state index contributed by atoms with van der Waals surface area (Å²) in [6, 6.07) is 82.5. The minimum absolute atomic E-state index is 1.10. The third-order valence-electron chi connectivity index (χ3n) is 12.0. The lowest BCUT2D eigenvalue weighted by Gasteiger charge is -2.29. The van der Waals surface area contributed by atoms with Gasteiger partial charge in [-0.2, -0.15) is 0 Å². The van der Waals surface area contributed by atoms with Gasteiger partial charge in [-0.15, -0.1) is 22.7 Å². The molecule has 0 saturated carbocycles. The van der Waals surface area contributed by atoms with Gasteiger partial charge in [-0.1, -0.05) is 158 Å². The molecule has 2 aromatic heterocycles. The van der Waals surface area contributed by atoms with Gasteiger partial charge >= 0.3 is 0 Å². The van der Waals surface area contributed by atoms with Crippen molar-refractivity contribution < 1.29 is 0 Å². The maximum atomic E-state index is 2.45. The molecule has 286 valence electrons. The molecule has 0 N–H and O–H groups in total. The van der Waals surface area contributed by atoms with Crippen molar-refractivity contribution in [2.75, 3.05) is 4.90 Å². The van der Waals surface area contributed by atoms with Gasteiger partial charge in [-0.25, -0.2) is 0 Å². The maximum Gasteiger partial charge on any atom is 0.0540 e. The van der Waals surface area contributed by atoms with Crippen LogP contribution in [0, 0.1) is 0 Å². The van der Waals surface area contributed by atoms with Crippen molar-refractivity contribution in [3.63, 3.8) is 0 Å². The molecular formula is C58H37NS2. The summed E-state index contributed by atoms with van der Waals surface area (Å²) >= 11 is 3.75. The van der Waals surface area contributed by atoms with Gasteiger partial charge in [0.2, 0.25) is 0 Å². The Hall–Kier alpha value is -7.30. The third-order valence-corrected chi connectivity index (χ3v) is 14.3. The molecule has 12 aromatic rings. The standard InChI is InChI=1S/C58H37NS2/c1-3-14-38(15-4-1)39-28-31-45(32-29-39)59(46-21-11-20-43(34-46)47-23-12-26-54-57(47)49-22-9-10-25-53(49)60-54)52-33-30-44(36-50(52)40-16-5-2-6-17-40)48-24-13-27-55-58(48)51-35-41-18-7-8-19-42(41)37-56(51)61-55/h1-37H. The predicted molar refractivity (Wildman–Crippen MR) is 266 cm³/mol. The van der Waals surface area contributed by atoms with E-state index in [0.717, 1.165) is 17.1 Å². The van der Waals surface area contributed by atoms with Gasteiger partial charge < -0.3 is 4.90 Å². The summed E-state index contributed by atoms with van der Waals surface area (Å²) < 4.78 is 5.24. The van der Waals surface area contributed by atoms with Gasteiger partial charge in [0.25, 0.3) is 0 Å². The van der Waals surface area contributed by atoms with Gasteiger partial charge in [0.15, 0.2) is 0 Å². The van der Waals surface area contributed by atoms with Crippen molar-refractivity contribution in [3.05, 3.63) is 224 Å². The summed E-state index contributed by atoms with van der Waals surface area (Å²) in [6.07, 6.45) is 0. The SMILES string of the molecule is c1ccc(-c2ccc(N(c3cccc(-c4cccc5sc6ccccc6c45)c3)c3ccc(-c4cccc5sc6cc7ccccc7cc6c45)cc3-c3ccccc3)cc2)cc1. The van der Waals surface area contributed by atoms with E-state index in [9.17, 15) is 0 Å². The molecule has 1 nitrogen and oxygen atoms in total. The topological polar surface area (TPSA) is 3.24 Å². The van der Waals surface area contributed by atoms with Gasteiger partial charge in [0, 0.05) is 57.3 Å². The maximum absolute atomic E-state index is 2.45. The number of hydrogen-bond donors (Lipinski definition) is 0. The number of anilines is 3. The number of nitrogens with zero attached hydrogens (tertiary/aromatic N) is 1. The van der Waals surface area contributed by atoms with E-state index >= 15 is 0 Å². The molecule has 0 unspecified atom stereocenters. The zero-order valence-electron chi connectivity index (χ0n) is 33.1. The highest BCUT2D eigenvalue weighted by molar-refractivity contribution is 7.26. The molecule has 2 heterocycles. The lowest BCUT2D eigenvalue weighted by molar-refractivity contribution is 1.28. The van der Waals surface area contributed by atoms with E-state index in [1.54, 1.807) is 0 Å². The molecule has 0 saturated heterocycles. The van der Waals surface area contributed by atoms with Crippen molar-refractivity contribution in [1.29, 1.82) is 0 Å². The van der Waals surface area contributed by atoms with Gasteiger partial charge in [0.1, 0.15) is 0 Å². The van der Waals surface area contributed by atoms with Crippen LogP contribution < -0.4 is 4.90 Å². The smallest absolute Gasteiger partial charge is 0.0540 e. The highest BCUT2D eigenvalue weighted by Gasteiger charge is 2.21. The van der Waals surface area contributed by atoms with Crippen molar-refractivity contribution in [3.8, 4) is 44.5 Å². The number of thiophene rings is 2. The Balaban J connectivity index is 1.07. The molecule has 0 radical (unpaired) electrons. The number of rotatable bonds is 7. The van der Waals surface area contributed by atoms with Crippen LogP contribution in [0.1, 0.15) is 0 Å². The number of fused-ring (bicyclic) bond motifs is 7. The third kappa shape index (κ3) is 6.21. The summed E-state index contributed by atoms with van der Waals surface area (Å²) in [6.45, 7) is 0. The number of benzene rings is 10. The molecule has 0 amide bonds. The van der Waals surface area contributed by atoms with Crippen LogP contribution in [-0.2, 0) is 0 Å². The average Bonchev–Trinajstić information content (AvgIpc) is 3.90. The fourth-order valence-corrected chi connectivity index (χ4v) is 11.5. The highest BCUT2D eigenvalue weighted by atomic mass is 32.1. The quantitative estimate of drug-likeness (QED) is 0.155. The van der Waals surface area contributed by atoms with E-state index in [0.29, 0.717) is 0 Å².